The van der Waals surface area contributed by atoms with E-state index in [0.717, 1.165) is 17.8 Å². The Morgan fingerprint density at radius 1 is 1.28 bits per heavy atom. The van der Waals surface area contributed by atoms with Crippen molar-refractivity contribution in [3.8, 4) is 11.6 Å². The molecular formula is C23H25N7O2. The first-order valence-electron chi connectivity index (χ1n) is 10.5. The van der Waals surface area contributed by atoms with Crippen molar-refractivity contribution in [1.82, 2.24) is 24.6 Å². The molecule has 3 atom stereocenters. The summed E-state index contributed by atoms with van der Waals surface area (Å²) in [6.07, 6.45) is 17.6. The number of dihydropyridines is 1. The van der Waals surface area contributed by atoms with Gasteiger partial charge in [-0.1, -0.05) is 24.3 Å². The highest BCUT2D eigenvalue weighted by atomic mass is 16.5. The van der Waals surface area contributed by atoms with Gasteiger partial charge in [0.2, 0.25) is 5.43 Å². The molecule has 0 bridgehead atoms. The monoisotopic (exact) mass is 431 g/mol. The average Bonchev–Trinajstić information content (AvgIpc) is 3.41. The molecule has 3 aliphatic rings. The molecule has 0 fully saturated rings. The maximum Gasteiger partial charge on any atom is 0.280 e. The molecule has 0 spiro atoms. The molecule has 9 nitrogen and oxygen atoms in total. The molecule has 1 aliphatic carbocycles. The molecule has 2 aliphatic heterocycles. The van der Waals surface area contributed by atoms with Crippen LogP contribution in [0.3, 0.4) is 0 Å². The lowest BCUT2D eigenvalue weighted by molar-refractivity contribution is 0.327. The molecule has 164 valence electrons. The maximum atomic E-state index is 12.3. The molecule has 3 unspecified atom stereocenters. The predicted octanol–water partition coefficient (Wildman–Crippen LogP) is 1.77. The maximum absolute atomic E-state index is 12.3. The Labute approximate surface area is 185 Å². The van der Waals surface area contributed by atoms with Crippen LogP contribution in [0.25, 0.3) is 5.69 Å². The lowest BCUT2D eigenvalue weighted by Gasteiger charge is -2.35. The molecule has 4 heterocycles. The first-order chi connectivity index (χ1) is 15.4. The molecule has 5 rings (SSSR count). The van der Waals surface area contributed by atoms with Crippen LogP contribution >= 0.6 is 0 Å². The second-order valence-electron chi connectivity index (χ2n) is 8.55. The van der Waals surface area contributed by atoms with Crippen molar-refractivity contribution in [2.45, 2.75) is 12.5 Å². The zero-order valence-electron chi connectivity index (χ0n) is 18.3. The summed E-state index contributed by atoms with van der Waals surface area (Å²) in [5.41, 5.74) is 2.34. The number of nitrogens with zero attached hydrogens (tertiary/aromatic N) is 7. The first kappa shape index (κ1) is 20.2. The number of hydrazone groups is 1. The summed E-state index contributed by atoms with van der Waals surface area (Å²) < 4.78 is 9.08. The number of aromatic nitrogens is 4. The summed E-state index contributed by atoms with van der Waals surface area (Å²) in [6.45, 7) is 3.23. The van der Waals surface area contributed by atoms with Crippen LogP contribution in [0.5, 0.6) is 5.88 Å². The van der Waals surface area contributed by atoms with Gasteiger partial charge in [0.05, 0.1) is 17.9 Å². The summed E-state index contributed by atoms with van der Waals surface area (Å²) in [6, 6.07) is 1.45. The normalized spacial score (nSPS) is 26.2. The van der Waals surface area contributed by atoms with Crippen LogP contribution in [0.2, 0.25) is 0 Å². The van der Waals surface area contributed by atoms with Gasteiger partial charge in [0, 0.05) is 57.2 Å². The van der Waals surface area contributed by atoms with Crippen molar-refractivity contribution in [2.24, 2.45) is 29.0 Å². The van der Waals surface area contributed by atoms with Gasteiger partial charge < -0.3 is 4.74 Å². The van der Waals surface area contributed by atoms with Gasteiger partial charge in [-0.05, 0) is 18.1 Å². The highest BCUT2D eigenvalue weighted by molar-refractivity contribution is 5.88. The van der Waals surface area contributed by atoms with E-state index in [0.29, 0.717) is 0 Å². The Hall–Kier alpha value is -3.75. The third kappa shape index (κ3) is 3.81. The smallest absolute Gasteiger partial charge is 0.280 e. The molecule has 0 amide bonds. The number of rotatable bonds is 5. The van der Waals surface area contributed by atoms with Gasteiger partial charge in [-0.3, -0.25) is 19.5 Å². The fourth-order valence-electron chi connectivity index (χ4n) is 4.04. The molecule has 9 heteroatoms. The van der Waals surface area contributed by atoms with Gasteiger partial charge in [0.1, 0.15) is 12.3 Å². The van der Waals surface area contributed by atoms with E-state index < -0.39 is 0 Å². The van der Waals surface area contributed by atoms with Crippen LogP contribution in [-0.4, -0.2) is 62.7 Å². The number of ether oxygens (including phenoxy) is 1. The lowest BCUT2D eigenvalue weighted by atomic mass is 9.77. The van der Waals surface area contributed by atoms with E-state index in [1.54, 1.807) is 21.8 Å². The van der Waals surface area contributed by atoms with Crippen LogP contribution in [-0.2, 0) is 7.05 Å². The second-order valence-corrected chi connectivity index (χ2v) is 8.55. The van der Waals surface area contributed by atoms with Crippen LogP contribution in [0.15, 0.2) is 75.0 Å². The average molecular weight is 432 g/mol. The van der Waals surface area contributed by atoms with Crippen LogP contribution in [0.4, 0.5) is 0 Å². The van der Waals surface area contributed by atoms with E-state index in [9.17, 15) is 4.79 Å². The van der Waals surface area contributed by atoms with Gasteiger partial charge in [0.25, 0.3) is 5.88 Å². The molecule has 0 saturated heterocycles. The number of hydrogen-bond acceptors (Lipinski definition) is 7. The van der Waals surface area contributed by atoms with Gasteiger partial charge in [-0.2, -0.15) is 10.2 Å². The van der Waals surface area contributed by atoms with Crippen molar-refractivity contribution in [3.05, 3.63) is 70.3 Å². The summed E-state index contributed by atoms with van der Waals surface area (Å²) in [5, 5.41) is 14.8. The van der Waals surface area contributed by atoms with E-state index in [1.165, 1.54) is 11.6 Å². The minimum atomic E-state index is -0.313. The first-order valence-corrected chi connectivity index (χ1v) is 10.5. The predicted molar refractivity (Wildman–Crippen MR) is 122 cm³/mol. The molecule has 32 heavy (non-hydrogen) atoms. The minimum absolute atomic E-state index is 0.0575. The van der Waals surface area contributed by atoms with Crippen LogP contribution in [0.1, 0.15) is 6.92 Å². The summed E-state index contributed by atoms with van der Waals surface area (Å²) in [5.74, 6) is 0.426. The highest BCUT2D eigenvalue weighted by Crippen LogP contribution is 2.36. The molecular weight excluding hydrogens is 406 g/mol. The number of aryl methyl sites for hydroxylation is 1. The second kappa shape index (κ2) is 7.74. The molecule has 0 saturated carbocycles. The van der Waals surface area contributed by atoms with Crippen molar-refractivity contribution in [3.63, 3.8) is 0 Å². The van der Waals surface area contributed by atoms with E-state index in [-0.39, 0.29) is 35.3 Å². The summed E-state index contributed by atoms with van der Waals surface area (Å²) in [4.78, 5) is 17.1. The highest BCUT2D eigenvalue weighted by Gasteiger charge is 2.35. The van der Waals surface area contributed by atoms with Gasteiger partial charge >= 0.3 is 0 Å². The Morgan fingerprint density at radius 3 is 2.91 bits per heavy atom. The quantitative estimate of drug-likeness (QED) is 0.720. The van der Waals surface area contributed by atoms with Crippen LogP contribution in [0, 0.1) is 11.8 Å². The molecule has 2 aromatic rings. The Morgan fingerprint density at radius 2 is 2.16 bits per heavy atom. The van der Waals surface area contributed by atoms with Crippen molar-refractivity contribution in [2.75, 3.05) is 20.2 Å². The Bertz CT molecular complexity index is 1250. The summed E-state index contributed by atoms with van der Waals surface area (Å²) >= 11 is 0. The standard InChI is InChI=1S/C23H25N7O2/c1-23-6-4-16(8-19(23)9-17(10-24-23)18-11-25-28(2)13-18)15-32-22-21(31)5-7-30(27-22)20-12-26-29(3)14-20/h4-12,14,18-19H,13,15H2,1-3H3. The fraction of sp³-hybridized carbons (Fsp3) is 0.348. The minimum Gasteiger partial charge on any atom is -0.469 e. The third-order valence-corrected chi connectivity index (χ3v) is 6.01. The van der Waals surface area contributed by atoms with Gasteiger partial charge in [-0.15, -0.1) is 5.10 Å². The van der Waals surface area contributed by atoms with E-state index >= 15 is 0 Å². The topological polar surface area (TPSA) is 89.9 Å². The number of fused-ring (bicyclic) bond motifs is 1. The van der Waals surface area contributed by atoms with Gasteiger partial charge in [0.15, 0.2) is 0 Å². The van der Waals surface area contributed by atoms with E-state index in [2.05, 4.69) is 40.5 Å². The molecule has 0 N–H and O–H groups in total. The third-order valence-electron chi connectivity index (χ3n) is 6.01. The zero-order chi connectivity index (χ0) is 22.3. The number of hydrogen-bond donors (Lipinski definition) is 0. The molecule has 2 aromatic heterocycles. The van der Waals surface area contributed by atoms with Crippen LogP contribution < -0.4 is 10.2 Å². The molecule has 0 aromatic carbocycles. The van der Waals surface area contributed by atoms with E-state index in [1.807, 2.05) is 43.8 Å². The molecule has 0 radical (unpaired) electrons. The lowest BCUT2D eigenvalue weighted by Crippen LogP contribution is -2.35. The van der Waals surface area contributed by atoms with E-state index in [4.69, 9.17) is 9.73 Å². The fourth-order valence-corrected chi connectivity index (χ4v) is 4.04. The van der Waals surface area contributed by atoms with Gasteiger partial charge in [-0.25, -0.2) is 4.68 Å². The zero-order valence-corrected chi connectivity index (χ0v) is 18.3. The van der Waals surface area contributed by atoms with Crippen molar-refractivity contribution >= 4 is 12.4 Å². The largest absolute Gasteiger partial charge is 0.469 e. The SMILES string of the molecule is CN1CC(C2=CC3C=C(COc4nn(-c5cnn(C)c5)ccc4=O)C=CC3(C)N=C2)C=N1. The van der Waals surface area contributed by atoms with Crippen molar-refractivity contribution in [1.29, 1.82) is 0 Å². The number of aliphatic imine (C=N–C) groups is 1. The summed E-state index contributed by atoms with van der Waals surface area (Å²) in [7, 11) is 3.80. The Balaban J connectivity index is 1.33. The van der Waals surface area contributed by atoms with Crippen molar-refractivity contribution < 1.29 is 4.74 Å². The Kier molecular flexibility index (Phi) is 4.88.